The van der Waals surface area contributed by atoms with Gasteiger partial charge in [-0.2, -0.15) is 5.90 Å². The molecule has 262 valence electrons. The van der Waals surface area contributed by atoms with Crippen LogP contribution in [0.4, 0.5) is 11.4 Å². The van der Waals surface area contributed by atoms with E-state index < -0.39 is 33.1 Å². The van der Waals surface area contributed by atoms with Crippen LogP contribution in [0.15, 0.2) is 68.4 Å². The number of nitrogen functional groups attached to an aromatic ring is 2. The number of nitrogens with zero attached hydrogens (tertiary/aromatic N) is 4. The van der Waals surface area contributed by atoms with Crippen molar-refractivity contribution in [1.82, 2.24) is 14.3 Å². The second-order valence-electron chi connectivity index (χ2n) is 8.13. The number of primary amides is 1. The van der Waals surface area contributed by atoms with Crippen LogP contribution in [0.3, 0.4) is 0 Å². The molecule has 4 rings (SSSR count). The molecule has 0 atom stereocenters. The maximum atomic E-state index is 11.2. The zero-order valence-corrected chi connectivity index (χ0v) is 29.2. The van der Waals surface area contributed by atoms with E-state index in [4.69, 9.17) is 32.8 Å². The van der Waals surface area contributed by atoms with Gasteiger partial charge in [0.2, 0.25) is 5.75 Å². The van der Waals surface area contributed by atoms with Gasteiger partial charge in [0.25, 0.3) is 11.6 Å². The van der Waals surface area contributed by atoms with Gasteiger partial charge in [-0.15, -0.1) is 0 Å². The zero-order valence-electron chi connectivity index (χ0n) is 24.4. The van der Waals surface area contributed by atoms with Crippen molar-refractivity contribution in [2.75, 3.05) is 24.9 Å². The van der Waals surface area contributed by atoms with Gasteiger partial charge in [0.05, 0.1) is 38.1 Å². The molecule has 0 fully saturated rings. The molecule has 22 heteroatoms. The average Bonchev–Trinajstić information content (AvgIpc) is 3.70. The van der Waals surface area contributed by atoms with E-state index in [-0.39, 0.29) is 24.8 Å². The topological polar surface area (TPSA) is 295 Å². The summed E-state index contributed by atoms with van der Waals surface area (Å²) >= 11 is 9.51. The van der Waals surface area contributed by atoms with Crippen LogP contribution in [0, 0.1) is 20.2 Å². The van der Waals surface area contributed by atoms with Crippen molar-refractivity contribution < 1.29 is 38.5 Å². The maximum Gasteiger partial charge on any atom is 0.358 e. The lowest BCUT2D eigenvalue weighted by Crippen LogP contribution is -2.21. The van der Waals surface area contributed by atoms with E-state index in [0.29, 0.717) is 33.5 Å². The van der Waals surface area contributed by atoms with E-state index in [1.54, 1.807) is 50.6 Å². The lowest BCUT2D eigenvalue weighted by atomic mass is 10.2. The molecule has 1 aromatic carbocycles. The Bertz CT molecular complexity index is 1670. The summed E-state index contributed by atoms with van der Waals surface area (Å²) in [6.45, 7) is 4.26. The van der Waals surface area contributed by atoms with Gasteiger partial charge in [0.1, 0.15) is 11.4 Å². The number of ether oxygens (including phenoxy) is 2. The van der Waals surface area contributed by atoms with Crippen molar-refractivity contribution in [3.8, 4) is 5.75 Å². The Labute approximate surface area is 298 Å². The lowest BCUT2D eigenvalue weighted by molar-refractivity contribution is -0.394. The molecule has 0 aliphatic rings. The van der Waals surface area contributed by atoms with Gasteiger partial charge in [-0.3, -0.25) is 34.4 Å². The Balaban J connectivity index is 0.000000614. The highest BCUT2D eigenvalue weighted by molar-refractivity contribution is 9.11. The van der Waals surface area contributed by atoms with Gasteiger partial charge in [-0.1, -0.05) is 7.43 Å². The number of rotatable bonds is 8. The van der Waals surface area contributed by atoms with Crippen LogP contribution in [-0.2, 0) is 9.47 Å². The minimum absolute atomic E-state index is 0. The third-order valence-electron chi connectivity index (χ3n) is 5.09. The number of nitrogens with one attached hydrogen (secondary N) is 1. The minimum atomic E-state index is -0.810. The SMILES string of the molecule is C.CCOC(=O)c1[nH]ccc1Br.CCOC(=O)c1c(Br)ccn1N.NC(=O)c1c(Br)ccn1N.NOc1ccc([N+](=O)[O-])cc1[N+](=O)[O-]. The van der Waals surface area contributed by atoms with E-state index in [1.165, 1.54) is 9.35 Å². The van der Waals surface area contributed by atoms with Crippen molar-refractivity contribution in [2.45, 2.75) is 21.3 Å². The molecule has 0 saturated heterocycles. The first-order chi connectivity index (χ1) is 22.1. The number of esters is 2. The Morgan fingerprint density at radius 2 is 1.35 bits per heavy atom. The number of halogens is 3. The first-order valence-electron chi connectivity index (χ1n) is 12.6. The van der Waals surface area contributed by atoms with Crippen molar-refractivity contribution in [3.63, 3.8) is 0 Å². The standard InChI is InChI=1S/C7H9BrN2O2.C7H8BrNO2.C6H5N3O5.C5H6BrN3O.CH4/c1-2-12-7(11)6-5(8)3-4-10(6)9;1-2-11-7(10)6-5(8)3-4-9-6;7-14-6-2-1-4(8(10)11)3-5(6)9(12)13;6-3-1-2-9(8)4(3)5(7)10;/h3-4H,2,9H2,1H3;3-4,9H,2H2,1H3;1-3H,7H2;1-2H,8H2,(H2,7,10);1H4. The number of non-ortho nitro benzene ring substituents is 1. The number of nitro benzene ring substituents is 2. The number of hydrogen-bond donors (Lipinski definition) is 5. The van der Waals surface area contributed by atoms with Gasteiger partial charge < -0.3 is 36.7 Å². The fourth-order valence-electron chi connectivity index (χ4n) is 3.06. The predicted molar refractivity (Wildman–Crippen MR) is 185 cm³/mol. The third kappa shape index (κ3) is 12.7. The first kappa shape index (κ1) is 43.1. The number of aromatic amines is 1. The second-order valence-corrected chi connectivity index (χ2v) is 10.7. The van der Waals surface area contributed by atoms with Gasteiger partial charge in [0.15, 0.2) is 5.69 Å². The summed E-state index contributed by atoms with van der Waals surface area (Å²) in [5, 5.41) is 20.7. The molecule has 19 nitrogen and oxygen atoms in total. The molecule has 9 N–H and O–H groups in total. The molecule has 0 aliphatic carbocycles. The van der Waals surface area contributed by atoms with Crippen LogP contribution in [-0.4, -0.2) is 55.2 Å². The van der Waals surface area contributed by atoms with Crippen molar-refractivity contribution in [2.24, 2.45) is 11.6 Å². The Morgan fingerprint density at radius 3 is 1.71 bits per heavy atom. The molecule has 3 aromatic heterocycles. The van der Waals surface area contributed by atoms with E-state index >= 15 is 0 Å². The number of carbonyl (C=O) groups is 3. The number of carbonyl (C=O) groups excluding carboxylic acids is 3. The summed E-state index contributed by atoms with van der Waals surface area (Å²) in [7, 11) is 0. The monoisotopic (exact) mass is 867 g/mol. The summed E-state index contributed by atoms with van der Waals surface area (Å²) in [5.41, 5.74) is 5.13. The summed E-state index contributed by atoms with van der Waals surface area (Å²) in [6, 6.07) is 8.01. The zero-order chi connectivity index (χ0) is 35.8. The smallest absolute Gasteiger partial charge is 0.358 e. The molecule has 0 radical (unpaired) electrons. The number of aromatic nitrogens is 3. The third-order valence-corrected chi connectivity index (χ3v) is 7.03. The molecular weight excluding hydrogens is 838 g/mol. The van der Waals surface area contributed by atoms with Crippen molar-refractivity contribution >= 4 is 77.0 Å². The van der Waals surface area contributed by atoms with Crippen molar-refractivity contribution in [1.29, 1.82) is 0 Å². The van der Waals surface area contributed by atoms with Crippen LogP contribution < -0.4 is 28.2 Å². The number of hydrogen-bond acceptors (Lipinski definition) is 13. The number of nitro groups is 2. The van der Waals surface area contributed by atoms with E-state index in [2.05, 4.69) is 57.6 Å². The molecule has 0 saturated carbocycles. The molecule has 0 bridgehead atoms. The van der Waals surface area contributed by atoms with Gasteiger partial charge >= 0.3 is 17.6 Å². The van der Waals surface area contributed by atoms with Gasteiger partial charge in [0, 0.05) is 29.1 Å². The molecule has 4 aromatic rings. The second kappa shape index (κ2) is 21.0. The van der Waals surface area contributed by atoms with Crippen LogP contribution in [0.5, 0.6) is 5.75 Å². The molecule has 3 heterocycles. The van der Waals surface area contributed by atoms with E-state index in [0.717, 1.165) is 22.7 Å². The lowest BCUT2D eigenvalue weighted by Gasteiger charge is -2.02. The van der Waals surface area contributed by atoms with Crippen LogP contribution >= 0.6 is 47.8 Å². The maximum absolute atomic E-state index is 11.2. The van der Waals surface area contributed by atoms with E-state index in [1.807, 2.05) is 0 Å². The fraction of sp³-hybridized carbons (Fsp3) is 0.192. The van der Waals surface area contributed by atoms with E-state index in [9.17, 15) is 34.6 Å². The average molecular weight is 870 g/mol. The fourth-order valence-corrected chi connectivity index (χ4v) is 4.48. The molecule has 1 amide bonds. The summed E-state index contributed by atoms with van der Waals surface area (Å²) < 4.78 is 13.9. The Kier molecular flexibility index (Phi) is 18.9. The van der Waals surface area contributed by atoms with Crippen LogP contribution in [0.2, 0.25) is 0 Å². The predicted octanol–water partition coefficient (Wildman–Crippen LogP) is 4.55. The number of benzene rings is 1. The number of nitrogens with two attached hydrogens (primary N) is 4. The molecule has 0 spiro atoms. The Morgan fingerprint density at radius 1 is 0.833 bits per heavy atom. The largest absolute Gasteiger partial charge is 0.461 e. The first-order valence-corrected chi connectivity index (χ1v) is 15.0. The highest BCUT2D eigenvalue weighted by atomic mass is 79.9. The normalized spacial score (nSPS) is 9.46. The summed E-state index contributed by atoms with van der Waals surface area (Å²) in [6.07, 6.45) is 4.80. The molecule has 0 aliphatic heterocycles. The summed E-state index contributed by atoms with van der Waals surface area (Å²) in [5.74, 6) is 14.0. The van der Waals surface area contributed by atoms with Crippen LogP contribution in [0.25, 0.3) is 0 Å². The highest BCUT2D eigenvalue weighted by Gasteiger charge is 2.20. The van der Waals surface area contributed by atoms with Gasteiger partial charge in [-0.25, -0.2) is 9.59 Å². The van der Waals surface area contributed by atoms with Crippen molar-refractivity contribution in [3.05, 3.63) is 106 Å². The molecule has 48 heavy (non-hydrogen) atoms. The number of amides is 1. The molecule has 0 unspecified atom stereocenters. The number of H-pyrrole nitrogens is 1. The molecular formula is C26H32Br3N9O10. The van der Waals surface area contributed by atoms with Gasteiger partial charge in [-0.05, 0) is 85.9 Å². The van der Waals surface area contributed by atoms with Crippen LogP contribution in [0.1, 0.15) is 52.7 Å². The summed E-state index contributed by atoms with van der Waals surface area (Å²) in [4.78, 5) is 58.9. The minimum Gasteiger partial charge on any atom is -0.461 e. The quantitative estimate of drug-likeness (QED) is 0.0704. The Hall–Kier alpha value is -4.93. The highest BCUT2D eigenvalue weighted by Crippen LogP contribution is 2.30.